The summed E-state index contributed by atoms with van der Waals surface area (Å²) in [6.07, 6.45) is 4.26. The molecule has 1 fully saturated rings. The van der Waals surface area contributed by atoms with Gasteiger partial charge >= 0.3 is 0 Å². The maximum atomic E-state index is 12.5. The van der Waals surface area contributed by atoms with Gasteiger partial charge in [0.1, 0.15) is 0 Å². The highest BCUT2D eigenvalue weighted by Crippen LogP contribution is 2.22. The summed E-state index contributed by atoms with van der Waals surface area (Å²) < 4.78 is 1.60. The molecule has 1 N–H and O–H groups in total. The summed E-state index contributed by atoms with van der Waals surface area (Å²) in [6.45, 7) is 5.35. The van der Waals surface area contributed by atoms with E-state index in [4.69, 9.17) is 11.6 Å². The van der Waals surface area contributed by atoms with Gasteiger partial charge in [-0.1, -0.05) is 30.7 Å². The Morgan fingerprint density at radius 2 is 2.21 bits per heavy atom. The fourth-order valence-electron chi connectivity index (χ4n) is 3.47. The number of anilines is 1. The fraction of sp³-hybridized carbons (Fsp3) is 0.350. The normalized spacial score (nSPS) is 17.6. The van der Waals surface area contributed by atoms with Gasteiger partial charge in [-0.3, -0.25) is 15.0 Å². The van der Waals surface area contributed by atoms with Crippen molar-refractivity contribution in [2.75, 3.05) is 18.4 Å². The number of carbonyl (C=O) groups excluding carboxylic acids is 1. The van der Waals surface area contributed by atoms with E-state index in [9.17, 15) is 4.79 Å². The number of carbonyl (C=O) groups is 1. The molecule has 0 aliphatic carbocycles. The molecule has 146 valence electrons. The molecule has 0 bridgehead atoms. The molecule has 3 aromatic rings. The standard InChI is InChI=1S/C20H22ClN5OS/c1-14-5-4-9-25(11-14)12-15-13-28-20(22-15)23-19(27)17-8-10-26(24-17)18-7-3-2-6-16(18)21/h2-3,6-8,10,13-14H,4-5,9,11-12H2,1H3,(H,22,23,27). The number of nitrogens with one attached hydrogen (secondary N) is 1. The Kier molecular flexibility index (Phi) is 5.75. The summed E-state index contributed by atoms with van der Waals surface area (Å²) in [5, 5.41) is 10.4. The largest absolute Gasteiger partial charge is 0.297 e. The first-order valence-electron chi connectivity index (χ1n) is 9.37. The van der Waals surface area contributed by atoms with Crippen LogP contribution < -0.4 is 5.32 Å². The second kappa shape index (κ2) is 8.43. The zero-order valence-corrected chi connectivity index (χ0v) is 17.2. The Balaban J connectivity index is 1.39. The van der Waals surface area contributed by atoms with Crippen LogP contribution in [0.3, 0.4) is 0 Å². The number of rotatable bonds is 5. The number of hydrogen-bond acceptors (Lipinski definition) is 5. The molecule has 1 atom stereocenters. The number of para-hydroxylation sites is 1. The molecule has 1 aliphatic rings. The minimum Gasteiger partial charge on any atom is -0.297 e. The van der Waals surface area contributed by atoms with Gasteiger partial charge in [0.15, 0.2) is 10.8 Å². The third kappa shape index (κ3) is 4.43. The van der Waals surface area contributed by atoms with E-state index in [0.717, 1.165) is 36.9 Å². The van der Waals surface area contributed by atoms with Gasteiger partial charge < -0.3 is 0 Å². The van der Waals surface area contributed by atoms with Crippen molar-refractivity contribution in [3.05, 3.63) is 58.3 Å². The average molecular weight is 416 g/mol. The third-order valence-electron chi connectivity index (χ3n) is 4.82. The van der Waals surface area contributed by atoms with E-state index in [2.05, 4.69) is 27.2 Å². The van der Waals surface area contributed by atoms with Gasteiger partial charge in [0.2, 0.25) is 0 Å². The number of benzene rings is 1. The molecule has 1 saturated heterocycles. The van der Waals surface area contributed by atoms with Crippen LogP contribution in [-0.2, 0) is 6.54 Å². The van der Waals surface area contributed by atoms with Crippen LogP contribution >= 0.6 is 22.9 Å². The van der Waals surface area contributed by atoms with E-state index in [-0.39, 0.29) is 5.91 Å². The zero-order chi connectivity index (χ0) is 19.5. The van der Waals surface area contributed by atoms with Gasteiger partial charge in [0.25, 0.3) is 5.91 Å². The highest BCUT2D eigenvalue weighted by Gasteiger charge is 2.18. The number of aromatic nitrogens is 3. The molecule has 1 aromatic carbocycles. The molecular formula is C20H22ClN5OS. The first-order valence-corrected chi connectivity index (χ1v) is 10.6. The number of halogens is 1. The molecule has 1 aliphatic heterocycles. The Morgan fingerprint density at radius 1 is 1.36 bits per heavy atom. The van der Waals surface area contributed by atoms with Crippen LogP contribution in [0.1, 0.15) is 35.9 Å². The first-order chi connectivity index (χ1) is 13.6. The van der Waals surface area contributed by atoms with Crippen molar-refractivity contribution < 1.29 is 4.79 Å². The number of likely N-dealkylation sites (tertiary alicyclic amines) is 1. The maximum Gasteiger partial charge on any atom is 0.277 e. The summed E-state index contributed by atoms with van der Waals surface area (Å²) in [7, 11) is 0. The average Bonchev–Trinajstić information content (AvgIpc) is 3.32. The van der Waals surface area contributed by atoms with Gasteiger partial charge in [-0.15, -0.1) is 11.3 Å². The molecule has 1 unspecified atom stereocenters. The number of amides is 1. The number of nitrogens with zero attached hydrogens (tertiary/aromatic N) is 4. The number of thiazole rings is 1. The van der Waals surface area contributed by atoms with Crippen LogP contribution in [0.5, 0.6) is 0 Å². The topological polar surface area (TPSA) is 63.1 Å². The van der Waals surface area contributed by atoms with Crippen LogP contribution in [-0.4, -0.2) is 38.7 Å². The summed E-state index contributed by atoms with van der Waals surface area (Å²) in [5.41, 5.74) is 2.05. The molecular weight excluding hydrogens is 394 g/mol. The molecule has 28 heavy (non-hydrogen) atoms. The summed E-state index contributed by atoms with van der Waals surface area (Å²) >= 11 is 7.64. The molecule has 2 aromatic heterocycles. The van der Waals surface area contributed by atoms with Gasteiger partial charge in [0, 0.05) is 24.7 Å². The second-order valence-electron chi connectivity index (χ2n) is 7.18. The molecule has 8 heteroatoms. The molecule has 6 nitrogen and oxygen atoms in total. The first kappa shape index (κ1) is 19.1. The molecule has 0 radical (unpaired) electrons. The van der Waals surface area contributed by atoms with E-state index in [1.165, 1.54) is 24.2 Å². The van der Waals surface area contributed by atoms with Crippen LogP contribution in [0.25, 0.3) is 5.69 Å². The highest BCUT2D eigenvalue weighted by atomic mass is 35.5. The van der Waals surface area contributed by atoms with Gasteiger partial charge in [-0.05, 0) is 43.5 Å². The van der Waals surface area contributed by atoms with Gasteiger partial charge in [-0.25, -0.2) is 9.67 Å². The van der Waals surface area contributed by atoms with Crippen molar-refractivity contribution in [1.82, 2.24) is 19.7 Å². The predicted octanol–water partition coefficient (Wildman–Crippen LogP) is 4.47. The lowest BCUT2D eigenvalue weighted by atomic mass is 10.0. The summed E-state index contributed by atoms with van der Waals surface area (Å²) in [6, 6.07) is 9.04. The van der Waals surface area contributed by atoms with E-state index < -0.39 is 0 Å². The second-order valence-corrected chi connectivity index (χ2v) is 8.44. The maximum absolute atomic E-state index is 12.5. The van der Waals surface area contributed by atoms with Gasteiger partial charge in [0.05, 0.1) is 16.4 Å². The Hall–Kier alpha value is -2.22. The number of hydrogen-bond donors (Lipinski definition) is 1. The van der Waals surface area contributed by atoms with Crippen molar-refractivity contribution in [3.8, 4) is 5.69 Å². The lowest BCUT2D eigenvalue weighted by Crippen LogP contribution is -2.33. The van der Waals surface area contributed by atoms with Gasteiger partial charge in [-0.2, -0.15) is 5.10 Å². The minimum atomic E-state index is -0.279. The lowest BCUT2D eigenvalue weighted by molar-refractivity contribution is 0.102. The number of piperidine rings is 1. The van der Waals surface area contributed by atoms with Crippen LogP contribution in [0, 0.1) is 5.92 Å². The fourth-order valence-corrected chi connectivity index (χ4v) is 4.39. The SMILES string of the molecule is CC1CCCN(Cc2csc(NC(=O)c3ccn(-c4ccccc4Cl)n3)n2)C1. The van der Waals surface area contributed by atoms with Crippen molar-refractivity contribution >= 4 is 34.0 Å². The van der Waals surface area contributed by atoms with Crippen molar-refractivity contribution in [3.63, 3.8) is 0 Å². The minimum absolute atomic E-state index is 0.279. The zero-order valence-electron chi connectivity index (χ0n) is 15.6. The monoisotopic (exact) mass is 415 g/mol. The molecule has 3 heterocycles. The van der Waals surface area contributed by atoms with E-state index in [1.807, 2.05) is 23.6 Å². The summed E-state index contributed by atoms with van der Waals surface area (Å²) in [4.78, 5) is 19.5. The van der Waals surface area contributed by atoms with Crippen molar-refractivity contribution in [2.45, 2.75) is 26.3 Å². The molecule has 1 amide bonds. The third-order valence-corrected chi connectivity index (χ3v) is 5.95. The Morgan fingerprint density at radius 3 is 3.04 bits per heavy atom. The predicted molar refractivity (Wildman–Crippen MR) is 112 cm³/mol. The van der Waals surface area contributed by atoms with E-state index in [1.54, 1.807) is 23.0 Å². The molecule has 4 rings (SSSR count). The Labute approximate surface area is 173 Å². The lowest BCUT2D eigenvalue weighted by Gasteiger charge is -2.30. The van der Waals surface area contributed by atoms with Crippen molar-refractivity contribution in [1.29, 1.82) is 0 Å². The van der Waals surface area contributed by atoms with Crippen molar-refractivity contribution in [2.24, 2.45) is 5.92 Å². The molecule has 0 spiro atoms. The smallest absolute Gasteiger partial charge is 0.277 e. The van der Waals surface area contributed by atoms with Crippen LogP contribution in [0.15, 0.2) is 41.9 Å². The summed E-state index contributed by atoms with van der Waals surface area (Å²) in [5.74, 6) is 0.457. The quantitative estimate of drug-likeness (QED) is 0.667. The van der Waals surface area contributed by atoms with E-state index >= 15 is 0 Å². The van der Waals surface area contributed by atoms with Crippen LogP contribution in [0.2, 0.25) is 5.02 Å². The highest BCUT2D eigenvalue weighted by molar-refractivity contribution is 7.13. The Bertz CT molecular complexity index is 969. The molecule has 0 saturated carbocycles. The van der Waals surface area contributed by atoms with E-state index in [0.29, 0.717) is 15.8 Å². The van der Waals surface area contributed by atoms with Crippen LogP contribution in [0.4, 0.5) is 5.13 Å².